The molecule has 2 aliphatic rings. The molecule has 0 radical (unpaired) electrons. The summed E-state index contributed by atoms with van der Waals surface area (Å²) >= 11 is 0. The van der Waals surface area contributed by atoms with Crippen molar-refractivity contribution in [3.8, 4) is 0 Å². The number of esters is 2. The topological polar surface area (TPSA) is 52.6 Å². The van der Waals surface area contributed by atoms with Crippen LogP contribution in [0.2, 0.25) is 0 Å². The van der Waals surface area contributed by atoms with E-state index in [1.54, 1.807) is 0 Å². The molecule has 0 aliphatic heterocycles. The van der Waals surface area contributed by atoms with Gasteiger partial charge in [0.05, 0.1) is 6.42 Å². The number of rotatable bonds is 5. The Bertz CT molecular complexity index is 791. The summed E-state index contributed by atoms with van der Waals surface area (Å²) in [4.78, 5) is 22.7. The molecule has 2 aliphatic carbocycles. The van der Waals surface area contributed by atoms with Crippen LogP contribution in [-0.4, -0.2) is 59.2 Å². The van der Waals surface area contributed by atoms with Crippen LogP contribution in [0.5, 0.6) is 0 Å². The third-order valence-electron chi connectivity index (χ3n) is 5.08. The van der Waals surface area contributed by atoms with E-state index in [9.17, 15) is 44.7 Å². The van der Waals surface area contributed by atoms with Gasteiger partial charge in [-0.25, -0.2) is 22.8 Å². The highest BCUT2D eigenvalue weighted by Gasteiger charge is 3.02. The number of hydrogen-bond acceptors (Lipinski definition) is 4. The van der Waals surface area contributed by atoms with Crippen molar-refractivity contribution in [3.05, 3.63) is 25.3 Å². The molecule has 0 amide bonds. The lowest BCUT2D eigenvalue weighted by molar-refractivity contribution is -0.483. The lowest BCUT2D eigenvalue weighted by Gasteiger charge is -2.63. The van der Waals surface area contributed by atoms with Crippen LogP contribution in [-0.2, 0) is 19.1 Å². The average molecular weight is 458 g/mol. The van der Waals surface area contributed by atoms with Crippen LogP contribution in [0.3, 0.4) is 0 Å². The lowest BCUT2D eigenvalue weighted by Crippen LogP contribution is -2.90. The van der Waals surface area contributed by atoms with Crippen LogP contribution in [0.4, 0.5) is 43.9 Å². The highest BCUT2D eigenvalue weighted by atomic mass is 19.3. The van der Waals surface area contributed by atoms with E-state index in [-0.39, 0.29) is 12.2 Å². The van der Waals surface area contributed by atoms with Gasteiger partial charge in [0.2, 0.25) is 5.67 Å². The van der Waals surface area contributed by atoms with Crippen molar-refractivity contribution >= 4 is 11.9 Å². The largest absolute Gasteiger partial charge is 0.449 e. The first-order valence-electron chi connectivity index (χ1n) is 7.85. The predicted octanol–water partition coefficient (Wildman–Crippen LogP) is 3.95. The predicted molar refractivity (Wildman–Crippen MR) is 76.9 cm³/mol. The summed E-state index contributed by atoms with van der Waals surface area (Å²) in [5.74, 6) is -28.9. The molecule has 0 aromatic carbocycles. The molecule has 2 bridgehead atoms. The fourth-order valence-electron chi connectivity index (χ4n) is 3.60. The normalized spacial score (nSPS) is 40.7. The zero-order valence-corrected chi connectivity index (χ0v) is 14.6. The SMILES string of the molecule is C=CC(=O)OC1(F)CC2(OC(=O)C=C)CC(F)(CF)C(F)(F)C(F)(C1(F)F)C2(F)F. The van der Waals surface area contributed by atoms with E-state index < -0.39 is 72.0 Å². The second-order valence-electron chi connectivity index (χ2n) is 6.81. The molecular weight excluding hydrogens is 446 g/mol. The first-order valence-corrected chi connectivity index (χ1v) is 7.85. The highest BCUT2D eigenvalue weighted by Crippen LogP contribution is 2.74. The summed E-state index contributed by atoms with van der Waals surface area (Å²) in [5, 5.41) is 0. The third kappa shape index (κ3) is 2.41. The molecule has 4 atom stereocenters. The third-order valence-corrected chi connectivity index (χ3v) is 5.08. The van der Waals surface area contributed by atoms with Crippen molar-refractivity contribution in [1.29, 1.82) is 0 Å². The summed E-state index contributed by atoms with van der Waals surface area (Å²) in [6.07, 6.45) is -5.30. The van der Waals surface area contributed by atoms with Crippen LogP contribution < -0.4 is 0 Å². The fraction of sp³-hybridized carbons (Fsp3) is 0.625. The summed E-state index contributed by atoms with van der Waals surface area (Å²) in [6, 6.07) is 0. The van der Waals surface area contributed by atoms with Crippen molar-refractivity contribution in [2.75, 3.05) is 6.67 Å². The monoisotopic (exact) mass is 458 g/mol. The van der Waals surface area contributed by atoms with E-state index in [0.29, 0.717) is 0 Å². The molecule has 2 saturated carbocycles. The van der Waals surface area contributed by atoms with E-state index in [4.69, 9.17) is 0 Å². The Balaban J connectivity index is 2.94. The summed E-state index contributed by atoms with van der Waals surface area (Å²) in [7, 11) is 0. The molecule has 2 rings (SSSR count). The summed E-state index contributed by atoms with van der Waals surface area (Å²) in [6.45, 7) is 2.43. The second kappa shape index (κ2) is 6.36. The highest BCUT2D eigenvalue weighted by molar-refractivity contribution is 5.82. The van der Waals surface area contributed by atoms with Crippen LogP contribution in [0, 0.1) is 0 Å². The Kier molecular flexibility index (Phi) is 5.09. The Morgan fingerprint density at radius 2 is 1.23 bits per heavy atom. The molecule has 4 nitrogen and oxygen atoms in total. The number of carbonyl (C=O) groups excluding carboxylic acids is 2. The van der Waals surface area contributed by atoms with Crippen molar-refractivity contribution in [2.45, 2.75) is 53.4 Å². The van der Waals surface area contributed by atoms with E-state index in [2.05, 4.69) is 22.6 Å². The summed E-state index contributed by atoms with van der Waals surface area (Å²) < 4.78 is 153. The number of carbonyl (C=O) groups is 2. The maximum Gasteiger partial charge on any atom is 0.362 e. The molecule has 170 valence electrons. The maximum absolute atomic E-state index is 15.1. The lowest BCUT2D eigenvalue weighted by atomic mass is 9.54. The van der Waals surface area contributed by atoms with E-state index in [1.165, 1.54) is 0 Å². The molecule has 30 heavy (non-hydrogen) atoms. The molecule has 0 N–H and O–H groups in total. The standard InChI is InChI=1S/C16H12F10O4/c1-3-8(27)29-11-5-10(18,7-17)14(21,22)13(20,15(11,23)24)16(25,26)12(19,6-11)30-9(28)4-2/h3-4H,1-2,5-7H2. The van der Waals surface area contributed by atoms with Gasteiger partial charge in [-0.1, -0.05) is 13.2 Å². The number of ether oxygens (including phenoxy) is 2. The zero-order valence-electron chi connectivity index (χ0n) is 14.6. The van der Waals surface area contributed by atoms with E-state index >= 15 is 8.78 Å². The minimum Gasteiger partial charge on any atom is -0.449 e. The number of alkyl halides is 10. The zero-order chi connectivity index (χ0) is 23.6. The summed E-state index contributed by atoms with van der Waals surface area (Å²) in [5.41, 5.74) is -16.4. The van der Waals surface area contributed by atoms with Crippen LogP contribution in [0.1, 0.15) is 12.8 Å². The number of fused-ring (bicyclic) bond motifs is 2. The van der Waals surface area contributed by atoms with E-state index in [0.717, 1.165) is 0 Å². The number of halogens is 10. The minimum atomic E-state index is -6.85. The Morgan fingerprint density at radius 3 is 1.67 bits per heavy atom. The van der Waals surface area contributed by atoms with Gasteiger partial charge in [-0.15, -0.1) is 0 Å². The van der Waals surface area contributed by atoms with Crippen LogP contribution in [0.15, 0.2) is 25.3 Å². The Labute approximate surface area is 161 Å². The van der Waals surface area contributed by atoms with Gasteiger partial charge in [0.15, 0.2) is 5.60 Å². The first kappa shape index (κ1) is 24.0. The quantitative estimate of drug-likeness (QED) is 0.356. The van der Waals surface area contributed by atoms with Crippen molar-refractivity contribution in [2.24, 2.45) is 0 Å². The molecule has 2 fully saturated rings. The molecule has 14 heteroatoms. The van der Waals surface area contributed by atoms with Gasteiger partial charge in [0.1, 0.15) is 6.67 Å². The average Bonchev–Trinajstić information content (AvgIpc) is 2.63. The first-order chi connectivity index (χ1) is 13.4. The molecule has 0 saturated heterocycles. The van der Waals surface area contributed by atoms with Gasteiger partial charge in [-0.2, -0.15) is 30.7 Å². The maximum atomic E-state index is 15.1. The van der Waals surface area contributed by atoms with E-state index in [1.807, 2.05) is 0 Å². The van der Waals surface area contributed by atoms with Crippen molar-refractivity contribution in [3.63, 3.8) is 0 Å². The molecular formula is C16H12F10O4. The molecule has 0 spiro atoms. The Morgan fingerprint density at radius 1 is 0.767 bits per heavy atom. The molecule has 4 unspecified atom stereocenters. The second-order valence-corrected chi connectivity index (χ2v) is 6.81. The fourth-order valence-corrected chi connectivity index (χ4v) is 3.60. The molecule has 0 aromatic heterocycles. The van der Waals surface area contributed by atoms with Gasteiger partial charge in [0, 0.05) is 18.6 Å². The number of hydrogen-bond donors (Lipinski definition) is 0. The smallest absolute Gasteiger partial charge is 0.362 e. The molecule has 0 aromatic rings. The van der Waals surface area contributed by atoms with Crippen molar-refractivity contribution in [1.82, 2.24) is 0 Å². The van der Waals surface area contributed by atoms with Gasteiger partial charge in [-0.05, 0) is 0 Å². The van der Waals surface area contributed by atoms with Gasteiger partial charge >= 0.3 is 41.2 Å². The molecule has 0 heterocycles. The van der Waals surface area contributed by atoms with Crippen LogP contribution in [0.25, 0.3) is 0 Å². The Hall–Kier alpha value is -2.28. The van der Waals surface area contributed by atoms with Crippen LogP contribution >= 0.6 is 0 Å². The van der Waals surface area contributed by atoms with Gasteiger partial charge < -0.3 is 9.47 Å². The van der Waals surface area contributed by atoms with Crippen molar-refractivity contribution < 1.29 is 63.0 Å². The van der Waals surface area contributed by atoms with Gasteiger partial charge in [0.25, 0.3) is 0 Å². The van der Waals surface area contributed by atoms with Gasteiger partial charge in [-0.3, -0.25) is 0 Å². The minimum absolute atomic E-state index is 0.00637.